The van der Waals surface area contributed by atoms with E-state index in [1.807, 2.05) is 0 Å². The Morgan fingerprint density at radius 2 is 1.68 bits per heavy atom. The molecule has 1 aromatic rings. The van der Waals surface area contributed by atoms with Gasteiger partial charge >= 0.3 is 0 Å². The van der Waals surface area contributed by atoms with Gasteiger partial charge < -0.3 is 10.4 Å². The highest BCUT2D eigenvalue weighted by atomic mass is 16.3. The quantitative estimate of drug-likeness (QED) is 0.736. The van der Waals surface area contributed by atoms with Crippen LogP contribution in [-0.4, -0.2) is 36.0 Å². The SMILES string of the molecule is O=C(NCCO)c1ccc(N2C(=O)C=CC2=O)cc1. The van der Waals surface area contributed by atoms with Gasteiger partial charge in [-0.05, 0) is 24.3 Å². The van der Waals surface area contributed by atoms with Crippen molar-refractivity contribution in [3.05, 3.63) is 42.0 Å². The number of carbonyl (C=O) groups excluding carboxylic acids is 3. The second-order valence-electron chi connectivity index (χ2n) is 3.87. The summed E-state index contributed by atoms with van der Waals surface area (Å²) in [6, 6.07) is 6.08. The molecule has 19 heavy (non-hydrogen) atoms. The average molecular weight is 260 g/mol. The van der Waals surface area contributed by atoms with E-state index in [0.29, 0.717) is 11.3 Å². The van der Waals surface area contributed by atoms with Gasteiger partial charge in [0.25, 0.3) is 17.7 Å². The molecule has 0 fully saturated rings. The second kappa shape index (κ2) is 5.45. The Labute approximate surface area is 109 Å². The molecule has 0 unspecified atom stereocenters. The number of aliphatic hydroxyl groups is 1. The maximum absolute atomic E-state index is 11.6. The fourth-order valence-corrected chi connectivity index (χ4v) is 1.69. The number of hydrogen-bond donors (Lipinski definition) is 2. The van der Waals surface area contributed by atoms with Crippen LogP contribution in [0.4, 0.5) is 5.69 Å². The average Bonchev–Trinajstić information content (AvgIpc) is 2.76. The van der Waals surface area contributed by atoms with Crippen LogP contribution in [0.5, 0.6) is 0 Å². The van der Waals surface area contributed by atoms with Crippen molar-refractivity contribution in [1.29, 1.82) is 0 Å². The molecule has 1 heterocycles. The molecule has 0 saturated carbocycles. The van der Waals surface area contributed by atoms with Crippen molar-refractivity contribution in [3.8, 4) is 0 Å². The van der Waals surface area contributed by atoms with Crippen LogP contribution in [0.15, 0.2) is 36.4 Å². The van der Waals surface area contributed by atoms with Crippen LogP contribution < -0.4 is 10.2 Å². The lowest BCUT2D eigenvalue weighted by atomic mass is 10.2. The van der Waals surface area contributed by atoms with Crippen LogP contribution in [0.25, 0.3) is 0 Å². The van der Waals surface area contributed by atoms with E-state index in [-0.39, 0.29) is 19.1 Å². The summed E-state index contributed by atoms with van der Waals surface area (Å²) in [7, 11) is 0. The molecule has 0 bridgehead atoms. The van der Waals surface area contributed by atoms with E-state index in [2.05, 4.69) is 5.32 Å². The van der Waals surface area contributed by atoms with Gasteiger partial charge in [-0.25, -0.2) is 4.90 Å². The number of benzene rings is 1. The number of carbonyl (C=O) groups is 3. The molecular weight excluding hydrogens is 248 g/mol. The zero-order valence-electron chi connectivity index (χ0n) is 10.00. The van der Waals surface area contributed by atoms with Crippen molar-refractivity contribution in [1.82, 2.24) is 5.32 Å². The third-order valence-corrected chi connectivity index (χ3v) is 2.59. The van der Waals surface area contributed by atoms with E-state index in [9.17, 15) is 14.4 Å². The maximum Gasteiger partial charge on any atom is 0.258 e. The van der Waals surface area contributed by atoms with E-state index in [4.69, 9.17) is 5.11 Å². The number of aliphatic hydroxyl groups excluding tert-OH is 1. The van der Waals surface area contributed by atoms with Gasteiger partial charge in [-0.2, -0.15) is 0 Å². The van der Waals surface area contributed by atoms with Crippen molar-refractivity contribution < 1.29 is 19.5 Å². The van der Waals surface area contributed by atoms with Crippen LogP contribution in [0.3, 0.4) is 0 Å². The molecule has 0 aliphatic carbocycles. The topological polar surface area (TPSA) is 86.7 Å². The lowest BCUT2D eigenvalue weighted by Gasteiger charge is -2.14. The van der Waals surface area contributed by atoms with Crippen LogP contribution >= 0.6 is 0 Å². The highest BCUT2D eigenvalue weighted by Crippen LogP contribution is 2.19. The summed E-state index contributed by atoms with van der Waals surface area (Å²) in [5, 5.41) is 11.1. The first-order chi connectivity index (χ1) is 9.13. The molecule has 0 atom stereocenters. The fraction of sp³-hybridized carbons (Fsp3) is 0.154. The maximum atomic E-state index is 11.6. The number of nitrogens with one attached hydrogen (secondary N) is 1. The van der Waals surface area contributed by atoms with Gasteiger partial charge in [0.2, 0.25) is 0 Å². The minimum absolute atomic E-state index is 0.133. The van der Waals surface area contributed by atoms with Gasteiger partial charge in [0.05, 0.1) is 12.3 Å². The summed E-state index contributed by atoms with van der Waals surface area (Å²) >= 11 is 0. The van der Waals surface area contributed by atoms with Crippen molar-refractivity contribution in [2.24, 2.45) is 0 Å². The number of hydrogen-bond acceptors (Lipinski definition) is 4. The minimum atomic E-state index is -0.400. The highest BCUT2D eigenvalue weighted by molar-refractivity contribution is 6.28. The first-order valence-electron chi connectivity index (χ1n) is 5.69. The second-order valence-corrected chi connectivity index (χ2v) is 3.87. The molecule has 0 radical (unpaired) electrons. The molecule has 0 aromatic heterocycles. The van der Waals surface area contributed by atoms with E-state index in [1.54, 1.807) is 0 Å². The van der Waals surface area contributed by atoms with Gasteiger partial charge in [-0.15, -0.1) is 0 Å². The monoisotopic (exact) mass is 260 g/mol. The lowest BCUT2D eigenvalue weighted by Crippen LogP contribution is -2.30. The number of rotatable bonds is 4. The van der Waals surface area contributed by atoms with E-state index < -0.39 is 11.8 Å². The largest absolute Gasteiger partial charge is 0.395 e. The van der Waals surface area contributed by atoms with Crippen LogP contribution in [-0.2, 0) is 9.59 Å². The Morgan fingerprint density at radius 3 is 2.21 bits per heavy atom. The summed E-state index contributed by atoms with van der Waals surface area (Å²) in [5.74, 6) is -1.12. The molecule has 6 heteroatoms. The van der Waals surface area contributed by atoms with Crippen molar-refractivity contribution in [2.75, 3.05) is 18.1 Å². The Hall–Kier alpha value is -2.47. The summed E-state index contributed by atoms with van der Waals surface area (Å²) in [4.78, 5) is 35.5. The molecule has 0 saturated heterocycles. The van der Waals surface area contributed by atoms with Crippen molar-refractivity contribution in [2.45, 2.75) is 0 Å². The van der Waals surface area contributed by atoms with Crippen molar-refractivity contribution in [3.63, 3.8) is 0 Å². The predicted octanol–water partition coefficient (Wildman–Crippen LogP) is -0.162. The summed E-state index contributed by atoms with van der Waals surface area (Å²) in [5.41, 5.74) is 0.808. The van der Waals surface area contributed by atoms with Gasteiger partial charge in [0.15, 0.2) is 0 Å². The van der Waals surface area contributed by atoms with Crippen LogP contribution in [0, 0.1) is 0 Å². The zero-order chi connectivity index (χ0) is 13.8. The predicted molar refractivity (Wildman–Crippen MR) is 67.5 cm³/mol. The Bertz CT molecular complexity index is 530. The third kappa shape index (κ3) is 2.69. The van der Waals surface area contributed by atoms with E-state index >= 15 is 0 Å². The molecule has 98 valence electrons. The van der Waals surface area contributed by atoms with Gasteiger partial charge in [0, 0.05) is 24.3 Å². The number of imide groups is 1. The highest BCUT2D eigenvalue weighted by Gasteiger charge is 2.24. The van der Waals surface area contributed by atoms with E-state index in [0.717, 1.165) is 4.90 Å². The molecule has 1 aliphatic rings. The van der Waals surface area contributed by atoms with Crippen LogP contribution in [0.2, 0.25) is 0 Å². The summed E-state index contributed by atoms with van der Waals surface area (Å²) in [6.45, 7) is 0.0415. The first-order valence-corrected chi connectivity index (χ1v) is 5.69. The smallest absolute Gasteiger partial charge is 0.258 e. The summed E-state index contributed by atoms with van der Waals surface area (Å²) < 4.78 is 0. The number of nitrogens with zero attached hydrogens (tertiary/aromatic N) is 1. The molecule has 1 aromatic carbocycles. The lowest BCUT2D eigenvalue weighted by molar-refractivity contribution is -0.119. The standard InChI is InChI=1S/C13H12N2O4/c16-8-7-14-13(19)9-1-3-10(4-2-9)15-11(17)5-6-12(15)18/h1-6,16H,7-8H2,(H,14,19). The fourth-order valence-electron chi connectivity index (χ4n) is 1.69. The number of amides is 3. The van der Waals surface area contributed by atoms with Gasteiger partial charge in [-0.3, -0.25) is 14.4 Å². The minimum Gasteiger partial charge on any atom is -0.395 e. The van der Waals surface area contributed by atoms with Gasteiger partial charge in [-0.1, -0.05) is 0 Å². The van der Waals surface area contributed by atoms with Crippen molar-refractivity contribution >= 4 is 23.4 Å². The van der Waals surface area contributed by atoms with Crippen LogP contribution in [0.1, 0.15) is 10.4 Å². The Kier molecular flexibility index (Phi) is 3.72. The zero-order valence-corrected chi connectivity index (χ0v) is 10.00. The van der Waals surface area contributed by atoms with E-state index in [1.165, 1.54) is 36.4 Å². The normalized spacial score (nSPS) is 14.1. The Balaban J connectivity index is 2.13. The molecule has 0 spiro atoms. The summed E-state index contributed by atoms with van der Waals surface area (Å²) in [6.07, 6.45) is 2.40. The molecule has 6 nitrogen and oxygen atoms in total. The first kappa shape index (κ1) is 13.0. The number of anilines is 1. The molecule has 2 N–H and O–H groups in total. The third-order valence-electron chi connectivity index (χ3n) is 2.59. The molecule has 1 aliphatic heterocycles. The molecule has 3 amide bonds. The molecular formula is C13H12N2O4. The molecule has 2 rings (SSSR count). The van der Waals surface area contributed by atoms with Gasteiger partial charge in [0.1, 0.15) is 0 Å². The Morgan fingerprint density at radius 1 is 1.11 bits per heavy atom.